The molecule has 15 heavy (non-hydrogen) atoms. The molecule has 2 aromatic rings. The first-order valence-electron chi connectivity index (χ1n) is 4.85. The van der Waals surface area contributed by atoms with Gasteiger partial charge in [-0.2, -0.15) is 0 Å². The zero-order valence-corrected chi connectivity index (χ0v) is 9.19. The van der Waals surface area contributed by atoms with E-state index in [0.29, 0.717) is 0 Å². The van der Waals surface area contributed by atoms with Crippen molar-refractivity contribution in [3.63, 3.8) is 0 Å². The number of rotatable bonds is 3. The summed E-state index contributed by atoms with van der Waals surface area (Å²) in [5.74, 6) is 0.243. The second kappa shape index (κ2) is 4.49. The van der Waals surface area contributed by atoms with E-state index in [1.807, 2.05) is 18.2 Å². The molecule has 0 N–H and O–H groups in total. The fraction of sp³-hybridized carbons (Fsp3) is 0.250. The molecule has 0 aliphatic rings. The van der Waals surface area contributed by atoms with Gasteiger partial charge in [-0.15, -0.1) is 11.6 Å². The van der Waals surface area contributed by atoms with Crippen molar-refractivity contribution < 1.29 is 4.42 Å². The number of halogens is 1. The molecule has 0 amide bonds. The van der Waals surface area contributed by atoms with Gasteiger partial charge in [0.05, 0.1) is 17.9 Å². The van der Waals surface area contributed by atoms with Crippen LogP contribution in [0.1, 0.15) is 29.3 Å². The highest BCUT2D eigenvalue weighted by molar-refractivity contribution is 6.21. The van der Waals surface area contributed by atoms with Crippen molar-refractivity contribution >= 4 is 11.6 Å². The third kappa shape index (κ3) is 2.21. The highest BCUT2D eigenvalue weighted by Crippen LogP contribution is 2.35. The lowest BCUT2D eigenvalue weighted by molar-refractivity contribution is 0.561. The molecule has 2 heterocycles. The van der Waals surface area contributed by atoms with Crippen LogP contribution in [0.5, 0.6) is 0 Å². The topological polar surface area (TPSA) is 26.0 Å². The van der Waals surface area contributed by atoms with Gasteiger partial charge in [-0.1, -0.05) is 6.92 Å². The molecular weight excluding hydrogens is 210 g/mol. The van der Waals surface area contributed by atoms with Crippen LogP contribution in [0.3, 0.4) is 0 Å². The molecule has 0 saturated carbocycles. The van der Waals surface area contributed by atoms with Gasteiger partial charge in [-0.05, 0) is 23.8 Å². The first-order chi connectivity index (χ1) is 7.29. The van der Waals surface area contributed by atoms with E-state index >= 15 is 0 Å². The molecule has 0 aromatic carbocycles. The van der Waals surface area contributed by atoms with Crippen molar-refractivity contribution in [1.82, 2.24) is 4.98 Å². The molecule has 0 radical (unpaired) electrons. The van der Waals surface area contributed by atoms with Crippen molar-refractivity contribution in [2.75, 3.05) is 0 Å². The van der Waals surface area contributed by atoms with Gasteiger partial charge < -0.3 is 4.42 Å². The van der Waals surface area contributed by atoms with Gasteiger partial charge in [0.15, 0.2) is 0 Å². The second-order valence-electron chi connectivity index (χ2n) is 3.53. The fourth-order valence-corrected chi connectivity index (χ4v) is 1.83. The van der Waals surface area contributed by atoms with Crippen LogP contribution in [0.2, 0.25) is 0 Å². The minimum Gasteiger partial charge on any atom is -0.472 e. The van der Waals surface area contributed by atoms with Crippen LogP contribution in [0.4, 0.5) is 0 Å². The summed E-state index contributed by atoms with van der Waals surface area (Å²) in [6.45, 7) is 2.10. The minimum absolute atomic E-state index is 0.0638. The summed E-state index contributed by atoms with van der Waals surface area (Å²) in [5, 5.41) is -0.0638. The van der Waals surface area contributed by atoms with Gasteiger partial charge in [0.1, 0.15) is 0 Å². The predicted molar refractivity (Wildman–Crippen MR) is 60.0 cm³/mol. The SMILES string of the molecule is CC(c1ccncc1)C(Cl)c1ccoc1. The van der Waals surface area contributed by atoms with E-state index in [9.17, 15) is 0 Å². The number of hydrogen-bond acceptors (Lipinski definition) is 2. The van der Waals surface area contributed by atoms with Crippen LogP contribution in [-0.2, 0) is 0 Å². The normalized spacial score (nSPS) is 14.8. The molecule has 0 aliphatic heterocycles. The Hall–Kier alpha value is -1.28. The lowest BCUT2D eigenvalue weighted by Crippen LogP contribution is -2.01. The van der Waals surface area contributed by atoms with E-state index in [1.54, 1.807) is 24.9 Å². The van der Waals surface area contributed by atoms with Gasteiger partial charge in [0.2, 0.25) is 0 Å². The molecule has 0 saturated heterocycles. The Morgan fingerprint density at radius 3 is 2.53 bits per heavy atom. The smallest absolute Gasteiger partial charge is 0.0949 e. The summed E-state index contributed by atoms with van der Waals surface area (Å²) < 4.78 is 5.02. The van der Waals surface area contributed by atoms with Crippen LogP contribution in [0.15, 0.2) is 47.5 Å². The third-order valence-electron chi connectivity index (χ3n) is 2.53. The van der Waals surface area contributed by atoms with Crippen molar-refractivity contribution in [3.8, 4) is 0 Å². The average Bonchev–Trinajstić information content (AvgIpc) is 2.82. The van der Waals surface area contributed by atoms with Gasteiger partial charge >= 0.3 is 0 Å². The van der Waals surface area contributed by atoms with Crippen LogP contribution < -0.4 is 0 Å². The average molecular weight is 222 g/mol. The van der Waals surface area contributed by atoms with Gasteiger partial charge in [0.25, 0.3) is 0 Å². The number of alkyl halides is 1. The predicted octanol–water partition coefficient (Wildman–Crippen LogP) is 3.76. The summed E-state index contributed by atoms with van der Waals surface area (Å²) in [7, 11) is 0. The van der Waals surface area contributed by atoms with Gasteiger partial charge in [0, 0.05) is 23.9 Å². The zero-order chi connectivity index (χ0) is 10.7. The molecule has 78 valence electrons. The Balaban J connectivity index is 2.18. The van der Waals surface area contributed by atoms with E-state index in [0.717, 1.165) is 5.56 Å². The summed E-state index contributed by atoms with van der Waals surface area (Å²) in [6.07, 6.45) is 6.90. The molecule has 2 nitrogen and oxygen atoms in total. The van der Waals surface area contributed by atoms with Crippen LogP contribution in [0.25, 0.3) is 0 Å². The van der Waals surface area contributed by atoms with Crippen molar-refractivity contribution in [2.24, 2.45) is 0 Å². The minimum atomic E-state index is -0.0638. The third-order valence-corrected chi connectivity index (χ3v) is 3.16. The molecule has 0 aliphatic carbocycles. The summed E-state index contributed by atoms with van der Waals surface area (Å²) >= 11 is 6.35. The zero-order valence-electron chi connectivity index (χ0n) is 8.43. The largest absolute Gasteiger partial charge is 0.472 e. The van der Waals surface area contributed by atoms with E-state index < -0.39 is 0 Å². The first kappa shape index (κ1) is 10.2. The van der Waals surface area contributed by atoms with E-state index in [1.165, 1.54) is 5.56 Å². The molecular formula is C12H12ClNO. The molecule has 2 unspecified atom stereocenters. The van der Waals surface area contributed by atoms with E-state index in [4.69, 9.17) is 16.0 Å². The van der Waals surface area contributed by atoms with Crippen molar-refractivity contribution in [3.05, 3.63) is 54.2 Å². The summed E-state index contributed by atoms with van der Waals surface area (Å²) in [4.78, 5) is 3.99. The summed E-state index contributed by atoms with van der Waals surface area (Å²) in [6, 6.07) is 5.87. The maximum atomic E-state index is 6.35. The second-order valence-corrected chi connectivity index (χ2v) is 4.00. The molecule has 0 spiro atoms. The van der Waals surface area contributed by atoms with Gasteiger partial charge in [-0.25, -0.2) is 0 Å². The highest BCUT2D eigenvalue weighted by atomic mass is 35.5. The Labute approximate surface area is 93.9 Å². The molecule has 2 atom stereocenters. The van der Waals surface area contributed by atoms with E-state index in [-0.39, 0.29) is 11.3 Å². The van der Waals surface area contributed by atoms with Crippen LogP contribution in [0, 0.1) is 0 Å². The number of furan rings is 1. The first-order valence-corrected chi connectivity index (χ1v) is 5.29. The molecule has 0 fully saturated rings. The Bertz CT molecular complexity index is 399. The number of hydrogen-bond donors (Lipinski definition) is 0. The highest BCUT2D eigenvalue weighted by Gasteiger charge is 2.18. The molecule has 3 heteroatoms. The number of pyridine rings is 1. The number of nitrogens with zero attached hydrogens (tertiary/aromatic N) is 1. The molecule has 2 aromatic heterocycles. The van der Waals surface area contributed by atoms with Gasteiger partial charge in [-0.3, -0.25) is 4.98 Å². The lowest BCUT2D eigenvalue weighted by Gasteiger charge is -2.16. The maximum absolute atomic E-state index is 6.35. The molecule has 2 rings (SSSR count). The van der Waals surface area contributed by atoms with Crippen LogP contribution in [-0.4, -0.2) is 4.98 Å². The fourth-order valence-electron chi connectivity index (χ4n) is 1.56. The summed E-state index contributed by atoms with van der Waals surface area (Å²) in [5.41, 5.74) is 2.20. The Morgan fingerprint density at radius 1 is 1.20 bits per heavy atom. The standard InChI is InChI=1S/C12H12ClNO/c1-9(10-2-5-14-6-3-10)12(13)11-4-7-15-8-11/h2-9,12H,1H3. The Morgan fingerprint density at radius 2 is 1.93 bits per heavy atom. The van der Waals surface area contributed by atoms with Crippen molar-refractivity contribution in [1.29, 1.82) is 0 Å². The van der Waals surface area contributed by atoms with E-state index in [2.05, 4.69) is 11.9 Å². The monoisotopic (exact) mass is 221 g/mol. The number of aromatic nitrogens is 1. The quantitative estimate of drug-likeness (QED) is 0.738. The lowest BCUT2D eigenvalue weighted by atomic mass is 9.95. The van der Waals surface area contributed by atoms with Crippen LogP contribution >= 0.6 is 11.6 Å². The molecule has 0 bridgehead atoms. The van der Waals surface area contributed by atoms with Crippen molar-refractivity contribution in [2.45, 2.75) is 18.2 Å². The maximum Gasteiger partial charge on any atom is 0.0949 e. The Kier molecular flexibility index (Phi) is 3.07.